The van der Waals surface area contributed by atoms with Gasteiger partial charge in [-0.15, -0.1) is 11.3 Å². The van der Waals surface area contributed by atoms with E-state index < -0.39 is 0 Å². The lowest BCUT2D eigenvalue weighted by Crippen LogP contribution is -2.16. The van der Waals surface area contributed by atoms with Crippen LogP contribution in [-0.2, 0) is 13.1 Å². The van der Waals surface area contributed by atoms with Crippen LogP contribution in [0.1, 0.15) is 11.3 Å². The first-order valence-electron chi connectivity index (χ1n) is 7.56. The summed E-state index contributed by atoms with van der Waals surface area (Å²) in [6, 6.07) is 8.06. The van der Waals surface area contributed by atoms with Crippen LogP contribution in [0.5, 0.6) is 11.5 Å². The van der Waals surface area contributed by atoms with Crippen molar-refractivity contribution in [2.45, 2.75) is 13.1 Å². The minimum Gasteiger partial charge on any atom is -0.493 e. The van der Waals surface area contributed by atoms with Crippen molar-refractivity contribution in [2.24, 2.45) is 0 Å². The van der Waals surface area contributed by atoms with Crippen LogP contribution in [0.3, 0.4) is 0 Å². The molecule has 0 atom stereocenters. The molecule has 24 heavy (non-hydrogen) atoms. The lowest BCUT2D eigenvalue weighted by molar-refractivity contribution is 0.316. The number of benzene rings is 1. The Kier molecular flexibility index (Phi) is 5.50. The lowest BCUT2D eigenvalue weighted by Gasteiger charge is -2.14. The fourth-order valence-electron chi connectivity index (χ4n) is 2.51. The van der Waals surface area contributed by atoms with Crippen LogP contribution in [0.15, 0.2) is 40.4 Å². The zero-order valence-corrected chi connectivity index (χ0v) is 15.6. The third kappa shape index (κ3) is 3.95. The number of nitrogens with zero attached hydrogens (tertiary/aromatic N) is 2. The first-order valence-corrected chi connectivity index (χ1v) is 9.38. The van der Waals surface area contributed by atoms with Crippen LogP contribution in [0, 0.1) is 0 Å². The molecule has 0 unspecified atom stereocenters. The first-order chi connectivity index (χ1) is 11.7. The van der Waals surface area contributed by atoms with Gasteiger partial charge in [-0.2, -0.15) is 11.3 Å². The maximum atomic E-state index is 5.37. The number of thiazole rings is 1. The number of aromatic nitrogens is 1. The Morgan fingerprint density at radius 2 is 1.88 bits per heavy atom. The summed E-state index contributed by atoms with van der Waals surface area (Å²) in [5, 5.41) is 7.42. The van der Waals surface area contributed by atoms with Crippen LogP contribution in [0.4, 0.5) is 0 Å². The average molecular weight is 361 g/mol. The van der Waals surface area contributed by atoms with Crippen LogP contribution >= 0.6 is 22.7 Å². The zero-order valence-electron chi connectivity index (χ0n) is 14.0. The number of hydrogen-bond acceptors (Lipinski definition) is 6. The highest BCUT2D eigenvalue weighted by atomic mass is 32.1. The number of rotatable bonds is 7. The highest BCUT2D eigenvalue weighted by Gasteiger charge is 2.11. The van der Waals surface area contributed by atoms with Gasteiger partial charge in [-0.05, 0) is 47.6 Å². The molecule has 0 N–H and O–H groups in total. The number of thiophene rings is 1. The van der Waals surface area contributed by atoms with E-state index >= 15 is 0 Å². The molecule has 2 aromatic heterocycles. The molecule has 3 aromatic rings. The normalized spacial score (nSPS) is 11.0. The molecule has 6 heteroatoms. The van der Waals surface area contributed by atoms with Gasteiger partial charge in [-0.1, -0.05) is 0 Å². The summed E-state index contributed by atoms with van der Waals surface area (Å²) in [4.78, 5) is 7.04. The minimum atomic E-state index is 0.723. The molecular weight excluding hydrogens is 340 g/mol. The van der Waals surface area contributed by atoms with Crippen molar-refractivity contribution in [2.75, 3.05) is 21.3 Å². The predicted octanol–water partition coefficient (Wildman–Crippen LogP) is 4.52. The maximum Gasteiger partial charge on any atom is 0.161 e. The summed E-state index contributed by atoms with van der Waals surface area (Å²) < 4.78 is 10.7. The van der Waals surface area contributed by atoms with E-state index in [9.17, 15) is 0 Å². The summed E-state index contributed by atoms with van der Waals surface area (Å²) in [7, 11) is 5.41. The quantitative estimate of drug-likeness (QED) is 0.620. The van der Waals surface area contributed by atoms with Crippen molar-refractivity contribution in [3.05, 3.63) is 51.7 Å². The highest BCUT2D eigenvalue weighted by molar-refractivity contribution is 7.13. The van der Waals surface area contributed by atoms with Crippen molar-refractivity contribution in [3.63, 3.8) is 0 Å². The van der Waals surface area contributed by atoms with Crippen molar-refractivity contribution in [1.29, 1.82) is 0 Å². The topological polar surface area (TPSA) is 34.6 Å². The molecule has 0 saturated carbocycles. The van der Waals surface area contributed by atoms with Crippen molar-refractivity contribution < 1.29 is 9.47 Å². The van der Waals surface area contributed by atoms with Gasteiger partial charge in [0.2, 0.25) is 0 Å². The molecule has 0 amide bonds. The van der Waals surface area contributed by atoms with Gasteiger partial charge in [0.25, 0.3) is 0 Å². The van der Waals surface area contributed by atoms with E-state index in [1.165, 1.54) is 5.56 Å². The second kappa shape index (κ2) is 7.79. The fraction of sp³-hybridized carbons (Fsp3) is 0.278. The van der Waals surface area contributed by atoms with E-state index in [0.29, 0.717) is 0 Å². The van der Waals surface area contributed by atoms with E-state index in [0.717, 1.165) is 40.9 Å². The Hall–Kier alpha value is -1.89. The van der Waals surface area contributed by atoms with Gasteiger partial charge in [0.1, 0.15) is 5.01 Å². The summed E-state index contributed by atoms with van der Waals surface area (Å²) >= 11 is 3.39. The summed E-state index contributed by atoms with van der Waals surface area (Å²) in [5.74, 6) is 1.45. The average Bonchev–Trinajstić information content (AvgIpc) is 3.26. The molecule has 0 aliphatic heterocycles. The standard InChI is InChI=1S/C18H20N2O2S2/c1-20(9-13-6-7-23-11-13)10-15-12-24-18(19-15)14-4-5-16(21-2)17(8-14)22-3/h4-8,11-12H,9-10H2,1-3H3. The van der Waals surface area contributed by atoms with Gasteiger partial charge in [-0.25, -0.2) is 4.98 Å². The third-order valence-corrected chi connectivity index (χ3v) is 5.32. The zero-order chi connectivity index (χ0) is 16.9. The molecular formula is C18H20N2O2S2. The number of methoxy groups -OCH3 is 2. The largest absolute Gasteiger partial charge is 0.493 e. The molecule has 0 aliphatic rings. The van der Waals surface area contributed by atoms with Crippen LogP contribution in [0.25, 0.3) is 10.6 Å². The second-order valence-electron chi connectivity index (χ2n) is 5.52. The fourth-order valence-corrected chi connectivity index (χ4v) is 3.98. The number of hydrogen-bond donors (Lipinski definition) is 0. The summed E-state index contributed by atoms with van der Waals surface area (Å²) in [5.41, 5.74) is 3.48. The smallest absolute Gasteiger partial charge is 0.161 e. The van der Waals surface area contributed by atoms with Crippen LogP contribution in [-0.4, -0.2) is 31.2 Å². The molecule has 1 aromatic carbocycles. The van der Waals surface area contributed by atoms with Crippen LogP contribution in [0.2, 0.25) is 0 Å². The monoisotopic (exact) mass is 360 g/mol. The second-order valence-corrected chi connectivity index (χ2v) is 7.16. The predicted molar refractivity (Wildman–Crippen MR) is 100 cm³/mol. The van der Waals surface area contributed by atoms with Gasteiger partial charge in [-0.3, -0.25) is 4.90 Å². The first kappa shape index (κ1) is 17.0. The Bertz CT molecular complexity index is 784. The van der Waals surface area contributed by atoms with E-state index in [4.69, 9.17) is 14.5 Å². The molecule has 0 radical (unpaired) electrons. The number of ether oxygens (including phenoxy) is 2. The van der Waals surface area contributed by atoms with E-state index in [2.05, 4.69) is 34.2 Å². The molecule has 0 saturated heterocycles. The Labute approximate surface area is 150 Å². The van der Waals surface area contributed by atoms with E-state index in [1.807, 2.05) is 18.2 Å². The lowest BCUT2D eigenvalue weighted by atomic mass is 10.2. The Morgan fingerprint density at radius 3 is 2.58 bits per heavy atom. The van der Waals surface area contributed by atoms with Gasteiger partial charge in [0.05, 0.1) is 19.9 Å². The van der Waals surface area contributed by atoms with Gasteiger partial charge >= 0.3 is 0 Å². The van der Waals surface area contributed by atoms with Crippen molar-refractivity contribution >= 4 is 22.7 Å². The van der Waals surface area contributed by atoms with Crippen molar-refractivity contribution in [1.82, 2.24) is 9.88 Å². The van der Waals surface area contributed by atoms with Gasteiger partial charge < -0.3 is 9.47 Å². The minimum absolute atomic E-state index is 0.723. The molecule has 2 heterocycles. The van der Waals surface area contributed by atoms with E-state index in [1.54, 1.807) is 36.9 Å². The summed E-state index contributed by atoms with van der Waals surface area (Å²) in [6.45, 7) is 1.77. The van der Waals surface area contributed by atoms with Gasteiger partial charge in [0.15, 0.2) is 11.5 Å². The maximum absolute atomic E-state index is 5.37. The molecule has 3 rings (SSSR count). The SMILES string of the molecule is COc1ccc(-c2nc(CN(C)Cc3ccsc3)cs2)cc1OC. The highest BCUT2D eigenvalue weighted by Crippen LogP contribution is 2.33. The van der Waals surface area contributed by atoms with Crippen molar-refractivity contribution in [3.8, 4) is 22.1 Å². The molecule has 0 bridgehead atoms. The molecule has 126 valence electrons. The molecule has 0 fully saturated rings. The molecule has 0 spiro atoms. The van der Waals surface area contributed by atoms with Crippen LogP contribution < -0.4 is 9.47 Å². The summed E-state index contributed by atoms with van der Waals surface area (Å²) in [6.07, 6.45) is 0. The Morgan fingerprint density at radius 1 is 1.04 bits per heavy atom. The Balaban J connectivity index is 1.71. The molecule has 0 aliphatic carbocycles. The van der Waals surface area contributed by atoms with E-state index in [-0.39, 0.29) is 0 Å². The molecule has 4 nitrogen and oxygen atoms in total. The third-order valence-electron chi connectivity index (χ3n) is 3.65. The van der Waals surface area contributed by atoms with Gasteiger partial charge in [0, 0.05) is 24.0 Å².